The van der Waals surface area contributed by atoms with Crippen LogP contribution in [0.1, 0.15) is 17.7 Å². The molecule has 2 heterocycles. The number of thiophene rings is 1. The number of nitrogens with zero attached hydrogens (tertiary/aromatic N) is 1. The zero-order chi connectivity index (χ0) is 16.1. The highest BCUT2D eigenvalue weighted by molar-refractivity contribution is 7.80. The zero-order valence-corrected chi connectivity index (χ0v) is 15.2. The minimum absolute atomic E-state index is 0.428. The Hall–Kier alpha value is -1.14. The number of hydrogen-bond acceptors (Lipinski definition) is 3. The van der Waals surface area contributed by atoms with E-state index >= 15 is 0 Å². The Balaban J connectivity index is 1.43. The highest BCUT2D eigenvalue weighted by atomic mass is 35.5. The van der Waals surface area contributed by atoms with Crippen LogP contribution in [0.3, 0.4) is 0 Å². The largest absolute Gasteiger partial charge is 0.360 e. The first-order valence-corrected chi connectivity index (χ1v) is 9.44. The van der Waals surface area contributed by atoms with E-state index in [9.17, 15) is 0 Å². The van der Waals surface area contributed by atoms with E-state index in [1.54, 1.807) is 0 Å². The molecular weight excluding hydrogens is 346 g/mol. The fraction of sp³-hybridized carbons (Fsp3) is 0.353. The van der Waals surface area contributed by atoms with Crippen molar-refractivity contribution >= 4 is 46.0 Å². The Labute approximate surface area is 151 Å². The number of benzene rings is 1. The summed E-state index contributed by atoms with van der Waals surface area (Å²) in [6.07, 6.45) is 2.21. The lowest BCUT2D eigenvalue weighted by atomic mass is 10.1. The number of para-hydroxylation sites is 1. The van der Waals surface area contributed by atoms with Crippen LogP contribution >= 0.6 is 35.2 Å². The monoisotopic (exact) mass is 365 g/mol. The minimum Gasteiger partial charge on any atom is -0.360 e. The van der Waals surface area contributed by atoms with Crippen LogP contribution in [0.4, 0.5) is 5.69 Å². The second-order valence-electron chi connectivity index (χ2n) is 5.71. The van der Waals surface area contributed by atoms with Crippen LogP contribution < -0.4 is 10.6 Å². The fourth-order valence-electron chi connectivity index (χ4n) is 2.76. The average molecular weight is 366 g/mol. The second kappa shape index (κ2) is 8.11. The topological polar surface area (TPSA) is 27.3 Å². The summed E-state index contributed by atoms with van der Waals surface area (Å²) in [5.74, 6) is 0. The number of rotatable bonds is 4. The Morgan fingerprint density at radius 2 is 2.00 bits per heavy atom. The van der Waals surface area contributed by atoms with Gasteiger partial charge in [-0.1, -0.05) is 29.8 Å². The van der Waals surface area contributed by atoms with Gasteiger partial charge in [0.05, 0.1) is 10.7 Å². The molecular formula is C17H20ClN3S2. The Kier molecular flexibility index (Phi) is 5.89. The smallest absolute Gasteiger partial charge is 0.171 e. The lowest BCUT2D eigenvalue weighted by Gasteiger charge is -2.32. The van der Waals surface area contributed by atoms with Gasteiger partial charge in [-0.25, -0.2) is 0 Å². The quantitative estimate of drug-likeness (QED) is 0.787. The molecule has 0 radical (unpaired) electrons. The van der Waals surface area contributed by atoms with E-state index < -0.39 is 0 Å². The summed E-state index contributed by atoms with van der Waals surface area (Å²) in [4.78, 5) is 3.95. The molecule has 1 saturated heterocycles. The number of anilines is 1. The molecule has 1 aliphatic rings. The predicted molar refractivity (Wildman–Crippen MR) is 103 cm³/mol. The number of likely N-dealkylation sites (tertiary alicyclic amines) is 1. The molecule has 122 valence electrons. The van der Waals surface area contributed by atoms with E-state index in [2.05, 4.69) is 33.0 Å². The third-order valence-electron chi connectivity index (χ3n) is 4.00. The standard InChI is InChI=1S/C17H20ClN3S2/c18-15-5-1-2-6-16(15)20-17(22)19-13-7-9-21(10-8-13)12-14-4-3-11-23-14/h1-6,11,13H,7-10,12H2,(H2,19,20,22). The average Bonchev–Trinajstić information content (AvgIpc) is 3.04. The van der Waals surface area contributed by atoms with Crippen molar-refractivity contribution in [2.24, 2.45) is 0 Å². The van der Waals surface area contributed by atoms with E-state index in [-0.39, 0.29) is 0 Å². The van der Waals surface area contributed by atoms with Crippen molar-refractivity contribution in [3.05, 3.63) is 51.7 Å². The van der Waals surface area contributed by atoms with Gasteiger partial charge in [0.1, 0.15) is 0 Å². The zero-order valence-electron chi connectivity index (χ0n) is 12.8. The minimum atomic E-state index is 0.428. The van der Waals surface area contributed by atoms with Crippen molar-refractivity contribution in [3.63, 3.8) is 0 Å². The third kappa shape index (κ3) is 4.91. The fourth-order valence-corrected chi connectivity index (χ4v) is 3.97. The summed E-state index contributed by atoms with van der Waals surface area (Å²) in [5, 5.41) is 10.1. The van der Waals surface area contributed by atoms with Gasteiger partial charge in [0.15, 0.2) is 5.11 Å². The first-order chi connectivity index (χ1) is 11.2. The summed E-state index contributed by atoms with van der Waals surface area (Å²) in [5.41, 5.74) is 0.849. The molecule has 6 heteroatoms. The molecule has 1 aromatic heterocycles. The van der Waals surface area contributed by atoms with Crippen LogP contribution in [-0.4, -0.2) is 29.1 Å². The maximum absolute atomic E-state index is 6.14. The number of piperidine rings is 1. The summed E-state index contributed by atoms with van der Waals surface area (Å²) in [7, 11) is 0. The van der Waals surface area contributed by atoms with Gasteiger partial charge >= 0.3 is 0 Å². The predicted octanol–water partition coefficient (Wildman–Crippen LogP) is 4.35. The van der Waals surface area contributed by atoms with E-state index in [4.69, 9.17) is 23.8 Å². The summed E-state index contributed by atoms with van der Waals surface area (Å²) in [6, 6.07) is 12.4. The van der Waals surface area contributed by atoms with E-state index in [1.807, 2.05) is 35.6 Å². The third-order valence-corrected chi connectivity index (χ3v) is 5.42. The van der Waals surface area contributed by atoms with Crippen LogP contribution in [0, 0.1) is 0 Å². The van der Waals surface area contributed by atoms with E-state index in [1.165, 1.54) is 4.88 Å². The molecule has 0 unspecified atom stereocenters. The Morgan fingerprint density at radius 3 is 2.70 bits per heavy atom. The van der Waals surface area contributed by atoms with Gasteiger partial charge in [0.2, 0.25) is 0 Å². The van der Waals surface area contributed by atoms with Crippen molar-refractivity contribution in [1.29, 1.82) is 0 Å². The number of halogens is 1. The van der Waals surface area contributed by atoms with Crippen LogP contribution in [0.2, 0.25) is 5.02 Å². The van der Waals surface area contributed by atoms with Gasteiger partial charge < -0.3 is 10.6 Å². The van der Waals surface area contributed by atoms with Crippen molar-refractivity contribution in [1.82, 2.24) is 10.2 Å². The summed E-state index contributed by atoms with van der Waals surface area (Å²) < 4.78 is 0. The SMILES string of the molecule is S=C(Nc1ccccc1Cl)NC1CCN(Cc2cccs2)CC1. The molecule has 0 saturated carbocycles. The first kappa shape index (κ1) is 16.7. The van der Waals surface area contributed by atoms with Gasteiger partial charge in [-0.05, 0) is 48.6 Å². The van der Waals surface area contributed by atoms with Gasteiger partial charge in [0, 0.05) is 30.6 Å². The normalized spacial score (nSPS) is 16.2. The Morgan fingerprint density at radius 1 is 1.22 bits per heavy atom. The van der Waals surface area contributed by atoms with Gasteiger partial charge in [-0.3, -0.25) is 4.90 Å². The molecule has 23 heavy (non-hydrogen) atoms. The molecule has 2 N–H and O–H groups in total. The molecule has 3 nitrogen and oxygen atoms in total. The van der Waals surface area contributed by atoms with Crippen molar-refractivity contribution in [3.8, 4) is 0 Å². The van der Waals surface area contributed by atoms with Crippen molar-refractivity contribution < 1.29 is 0 Å². The van der Waals surface area contributed by atoms with Crippen LogP contribution in [0.25, 0.3) is 0 Å². The maximum Gasteiger partial charge on any atom is 0.171 e. The number of thiocarbonyl (C=S) groups is 1. The second-order valence-corrected chi connectivity index (χ2v) is 7.56. The van der Waals surface area contributed by atoms with Gasteiger partial charge in [-0.15, -0.1) is 11.3 Å². The van der Waals surface area contributed by atoms with Gasteiger partial charge in [0.25, 0.3) is 0 Å². The van der Waals surface area contributed by atoms with Crippen molar-refractivity contribution in [2.45, 2.75) is 25.4 Å². The molecule has 3 rings (SSSR count). The number of hydrogen-bond donors (Lipinski definition) is 2. The molecule has 1 fully saturated rings. The molecule has 0 spiro atoms. The van der Waals surface area contributed by atoms with Gasteiger partial charge in [-0.2, -0.15) is 0 Å². The molecule has 0 atom stereocenters. The van der Waals surface area contributed by atoms with Crippen LogP contribution in [0.5, 0.6) is 0 Å². The summed E-state index contributed by atoms with van der Waals surface area (Å²) in [6.45, 7) is 3.27. The Bertz CT molecular complexity index is 637. The molecule has 1 aromatic carbocycles. The van der Waals surface area contributed by atoms with Crippen LogP contribution in [0.15, 0.2) is 41.8 Å². The number of nitrogens with one attached hydrogen (secondary N) is 2. The van der Waals surface area contributed by atoms with E-state index in [0.717, 1.165) is 38.2 Å². The molecule has 0 amide bonds. The van der Waals surface area contributed by atoms with Crippen LogP contribution in [-0.2, 0) is 6.54 Å². The summed E-state index contributed by atoms with van der Waals surface area (Å²) >= 11 is 13.4. The van der Waals surface area contributed by atoms with Crippen molar-refractivity contribution in [2.75, 3.05) is 18.4 Å². The highest BCUT2D eigenvalue weighted by Gasteiger charge is 2.20. The highest BCUT2D eigenvalue weighted by Crippen LogP contribution is 2.21. The molecule has 2 aromatic rings. The first-order valence-electron chi connectivity index (χ1n) is 7.77. The molecule has 1 aliphatic heterocycles. The lowest BCUT2D eigenvalue weighted by molar-refractivity contribution is 0.201. The molecule has 0 bridgehead atoms. The molecule has 0 aliphatic carbocycles. The van der Waals surface area contributed by atoms with E-state index in [0.29, 0.717) is 16.2 Å². The maximum atomic E-state index is 6.14. The lowest BCUT2D eigenvalue weighted by Crippen LogP contribution is -2.45.